The summed E-state index contributed by atoms with van der Waals surface area (Å²) in [4.78, 5) is 10.7. The van der Waals surface area contributed by atoms with E-state index < -0.39 is 6.03 Å². The maximum absolute atomic E-state index is 10.7. The largest absolute Gasteiger partial charge is 0.337 e. The normalized spacial score (nSPS) is 9.80. The Hall–Kier alpha value is -0.970. The van der Waals surface area contributed by atoms with Gasteiger partial charge in [0, 0.05) is 16.6 Å². The van der Waals surface area contributed by atoms with E-state index in [0.717, 1.165) is 5.56 Å². The molecule has 0 spiro atoms. The molecule has 6 heteroatoms. The van der Waals surface area contributed by atoms with Crippen molar-refractivity contribution >= 4 is 29.2 Å². The Morgan fingerprint density at radius 1 is 1.40 bits per heavy atom. The van der Waals surface area contributed by atoms with Gasteiger partial charge in [-0.3, -0.25) is 5.43 Å². The summed E-state index contributed by atoms with van der Waals surface area (Å²) in [6.07, 6.45) is 0.628. The first-order valence-electron chi connectivity index (χ1n) is 4.32. The Morgan fingerprint density at radius 2 is 2.13 bits per heavy atom. The van der Waals surface area contributed by atoms with E-state index in [4.69, 9.17) is 29.0 Å². The number of nitrogens with two attached hydrogens (primary N) is 1. The molecule has 1 aromatic rings. The van der Waals surface area contributed by atoms with Gasteiger partial charge in [-0.1, -0.05) is 29.3 Å². The molecule has 0 aliphatic carbocycles. The summed E-state index contributed by atoms with van der Waals surface area (Å²) in [5.74, 6) is 4.90. The smallest absolute Gasteiger partial charge is 0.328 e. The molecule has 0 aliphatic heterocycles. The summed E-state index contributed by atoms with van der Waals surface area (Å²) in [7, 11) is 0. The highest BCUT2D eigenvalue weighted by molar-refractivity contribution is 6.35. The molecule has 1 aromatic carbocycles. The zero-order valence-corrected chi connectivity index (χ0v) is 9.40. The molecule has 0 radical (unpaired) electrons. The number of carbonyl (C=O) groups excluding carboxylic acids is 1. The van der Waals surface area contributed by atoms with Crippen molar-refractivity contribution in [2.45, 2.75) is 6.42 Å². The molecule has 0 atom stereocenters. The number of halogens is 2. The quantitative estimate of drug-likeness (QED) is 0.433. The van der Waals surface area contributed by atoms with Crippen molar-refractivity contribution in [2.75, 3.05) is 6.54 Å². The average molecular weight is 248 g/mol. The second-order valence-electron chi connectivity index (χ2n) is 2.89. The maximum Gasteiger partial charge on any atom is 0.328 e. The summed E-state index contributed by atoms with van der Waals surface area (Å²) < 4.78 is 0. The zero-order chi connectivity index (χ0) is 11.3. The lowest BCUT2D eigenvalue weighted by Crippen LogP contribution is -2.40. The highest BCUT2D eigenvalue weighted by atomic mass is 35.5. The predicted molar refractivity (Wildman–Crippen MR) is 60.9 cm³/mol. The Bertz CT molecular complexity index is 357. The van der Waals surface area contributed by atoms with Crippen molar-refractivity contribution in [1.29, 1.82) is 0 Å². The van der Waals surface area contributed by atoms with Crippen LogP contribution in [0.15, 0.2) is 18.2 Å². The lowest BCUT2D eigenvalue weighted by Gasteiger charge is -2.06. The van der Waals surface area contributed by atoms with Crippen molar-refractivity contribution in [3.63, 3.8) is 0 Å². The molecule has 0 heterocycles. The topological polar surface area (TPSA) is 67.1 Å². The molecule has 0 unspecified atom stereocenters. The fraction of sp³-hybridized carbons (Fsp3) is 0.222. The first kappa shape index (κ1) is 12.1. The van der Waals surface area contributed by atoms with Crippen LogP contribution in [0.3, 0.4) is 0 Å². The van der Waals surface area contributed by atoms with Crippen molar-refractivity contribution in [1.82, 2.24) is 10.7 Å². The van der Waals surface area contributed by atoms with Crippen LogP contribution in [0.2, 0.25) is 10.0 Å². The molecule has 2 amide bonds. The van der Waals surface area contributed by atoms with E-state index in [-0.39, 0.29) is 0 Å². The van der Waals surface area contributed by atoms with E-state index in [9.17, 15) is 4.79 Å². The van der Waals surface area contributed by atoms with Gasteiger partial charge in [0.15, 0.2) is 0 Å². The SMILES string of the molecule is NNC(=O)NCCc1ccc(Cl)cc1Cl. The molecule has 0 aliphatic rings. The van der Waals surface area contributed by atoms with Crippen LogP contribution in [-0.2, 0) is 6.42 Å². The predicted octanol–water partition coefficient (Wildman–Crippen LogP) is 1.71. The van der Waals surface area contributed by atoms with Crippen LogP contribution >= 0.6 is 23.2 Å². The third-order valence-corrected chi connectivity index (χ3v) is 2.41. The van der Waals surface area contributed by atoms with Crippen molar-refractivity contribution < 1.29 is 4.79 Å². The van der Waals surface area contributed by atoms with Crippen LogP contribution < -0.4 is 16.6 Å². The number of benzene rings is 1. The van der Waals surface area contributed by atoms with Crippen LogP contribution in [0.5, 0.6) is 0 Å². The van der Waals surface area contributed by atoms with Gasteiger partial charge >= 0.3 is 6.03 Å². The van der Waals surface area contributed by atoms with Gasteiger partial charge in [0.1, 0.15) is 0 Å². The van der Waals surface area contributed by atoms with Crippen LogP contribution in [-0.4, -0.2) is 12.6 Å². The second kappa shape index (κ2) is 5.80. The summed E-state index contributed by atoms with van der Waals surface area (Å²) in [5, 5.41) is 3.74. The number of hydrogen-bond donors (Lipinski definition) is 3. The Labute approximate surface area is 97.7 Å². The second-order valence-corrected chi connectivity index (χ2v) is 3.73. The van der Waals surface area contributed by atoms with E-state index in [1.807, 2.05) is 11.5 Å². The fourth-order valence-electron chi connectivity index (χ4n) is 1.09. The number of hydrogen-bond acceptors (Lipinski definition) is 2. The van der Waals surface area contributed by atoms with Gasteiger partial charge in [0.2, 0.25) is 0 Å². The summed E-state index contributed by atoms with van der Waals surface area (Å²) in [5.41, 5.74) is 2.90. The van der Waals surface area contributed by atoms with Gasteiger partial charge in [0.25, 0.3) is 0 Å². The average Bonchev–Trinajstić information content (AvgIpc) is 2.21. The highest BCUT2D eigenvalue weighted by Crippen LogP contribution is 2.20. The molecule has 4 nitrogen and oxygen atoms in total. The number of amides is 2. The van der Waals surface area contributed by atoms with E-state index >= 15 is 0 Å². The van der Waals surface area contributed by atoms with E-state index in [1.165, 1.54) is 0 Å². The molecule has 1 rings (SSSR count). The lowest BCUT2D eigenvalue weighted by atomic mass is 10.1. The first-order valence-corrected chi connectivity index (χ1v) is 5.07. The molecule has 0 aromatic heterocycles. The number of hydrazine groups is 1. The van der Waals surface area contributed by atoms with Crippen LogP contribution in [0.4, 0.5) is 4.79 Å². The molecule has 15 heavy (non-hydrogen) atoms. The molecule has 4 N–H and O–H groups in total. The van der Waals surface area contributed by atoms with Crippen molar-refractivity contribution in [2.24, 2.45) is 5.84 Å². The Morgan fingerprint density at radius 3 is 2.73 bits per heavy atom. The number of nitrogens with one attached hydrogen (secondary N) is 2. The van der Waals surface area contributed by atoms with Gasteiger partial charge in [-0.25, -0.2) is 10.6 Å². The van der Waals surface area contributed by atoms with Gasteiger partial charge < -0.3 is 5.32 Å². The minimum atomic E-state index is -0.417. The highest BCUT2D eigenvalue weighted by Gasteiger charge is 2.02. The van der Waals surface area contributed by atoms with Crippen molar-refractivity contribution in [3.05, 3.63) is 33.8 Å². The summed E-state index contributed by atoms with van der Waals surface area (Å²) in [6, 6.07) is 4.83. The van der Waals surface area contributed by atoms with Crippen LogP contribution in [0.25, 0.3) is 0 Å². The Kier molecular flexibility index (Phi) is 4.68. The van der Waals surface area contributed by atoms with Crippen LogP contribution in [0, 0.1) is 0 Å². The molecular weight excluding hydrogens is 237 g/mol. The first-order chi connectivity index (χ1) is 7.13. The minimum absolute atomic E-state index is 0.417. The van der Waals surface area contributed by atoms with Crippen molar-refractivity contribution in [3.8, 4) is 0 Å². The monoisotopic (exact) mass is 247 g/mol. The third-order valence-electron chi connectivity index (χ3n) is 1.83. The van der Waals surface area contributed by atoms with Crippen LogP contribution in [0.1, 0.15) is 5.56 Å². The molecular formula is C9H11Cl2N3O. The number of rotatable bonds is 3. The van der Waals surface area contributed by atoms with E-state index in [1.54, 1.807) is 12.1 Å². The van der Waals surface area contributed by atoms with Gasteiger partial charge in [-0.2, -0.15) is 0 Å². The molecule has 0 saturated carbocycles. The van der Waals surface area contributed by atoms with Gasteiger partial charge in [-0.15, -0.1) is 0 Å². The lowest BCUT2D eigenvalue weighted by molar-refractivity contribution is 0.241. The van der Waals surface area contributed by atoms with Gasteiger partial charge in [-0.05, 0) is 24.1 Å². The van der Waals surface area contributed by atoms with E-state index in [2.05, 4.69) is 5.32 Å². The minimum Gasteiger partial charge on any atom is -0.337 e. The molecule has 0 saturated heterocycles. The molecule has 0 fully saturated rings. The molecule has 0 bridgehead atoms. The Balaban J connectivity index is 2.47. The fourth-order valence-corrected chi connectivity index (χ4v) is 1.59. The number of carbonyl (C=O) groups is 1. The van der Waals surface area contributed by atoms with E-state index in [0.29, 0.717) is 23.0 Å². The maximum atomic E-state index is 10.7. The zero-order valence-electron chi connectivity index (χ0n) is 7.89. The number of urea groups is 1. The standard InChI is InChI=1S/C9H11Cl2N3O/c10-7-2-1-6(8(11)5-7)3-4-13-9(15)14-12/h1-2,5H,3-4,12H2,(H2,13,14,15). The molecule has 82 valence electrons. The van der Waals surface area contributed by atoms with Gasteiger partial charge in [0.05, 0.1) is 0 Å². The summed E-state index contributed by atoms with van der Waals surface area (Å²) >= 11 is 11.7. The third kappa shape index (κ3) is 3.95. The summed E-state index contributed by atoms with van der Waals surface area (Å²) in [6.45, 7) is 0.463.